The first-order chi connectivity index (χ1) is 13.5. The quantitative estimate of drug-likeness (QED) is 0.724. The average molecular weight is 374 g/mol. The summed E-state index contributed by atoms with van der Waals surface area (Å²) in [5.74, 6) is -0.0966. The molecule has 144 valence electrons. The maximum atomic E-state index is 13.1. The van der Waals surface area contributed by atoms with Crippen LogP contribution in [0.4, 0.5) is 0 Å². The second kappa shape index (κ2) is 7.63. The molecule has 0 bridgehead atoms. The smallest absolute Gasteiger partial charge is 0.262 e. The van der Waals surface area contributed by atoms with E-state index in [2.05, 4.69) is 5.32 Å². The number of amides is 1. The maximum absolute atomic E-state index is 13.1. The molecule has 2 aromatic carbocycles. The van der Waals surface area contributed by atoms with Crippen molar-refractivity contribution in [2.45, 2.75) is 52.0 Å². The summed E-state index contributed by atoms with van der Waals surface area (Å²) in [4.78, 5) is 26.2. The van der Waals surface area contributed by atoms with Crippen LogP contribution < -0.4 is 10.9 Å². The molecule has 1 aromatic heterocycles. The molecule has 3 aromatic rings. The van der Waals surface area contributed by atoms with Gasteiger partial charge in [-0.05, 0) is 56.0 Å². The third kappa shape index (κ3) is 3.47. The normalized spacial score (nSPS) is 14.9. The SMILES string of the molecule is Cc1ccc(-n2cc(C(=O)NC3CCCCC3)c3ccccc3c2=O)cc1C. The molecule has 1 aliphatic carbocycles. The molecule has 0 spiro atoms. The van der Waals surface area contributed by atoms with Gasteiger partial charge < -0.3 is 5.32 Å². The van der Waals surface area contributed by atoms with Crippen molar-refractivity contribution in [2.75, 3.05) is 0 Å². The summed E-state index contributed by atoms with van der Waals surface area (Å²) < 4.78 is 1.60. The van der Waals surface area contributed by atoms with Gasteiger partial charge in [0.2, 0.25) is 0 Å². The van der Waals surface area contributed by atoms with Crippen LogP contribution in [0.25, 0.3) is 16.5 Å². The van der Waals surface area contributed by atoms with Gasteiger partial charge in [-0.15, -0.1) is 0 Å². The zero-order valence-electron chi connectivity index (χ0n) is 16.5. The molecule has 1 saturated carbocycles. The van der Waals surface area contributed by atoms with Crippen molar-refractivity contribution in [1.82, 2.24) is 9.88 Å². The van der Waals surface area contributed by atoms with Crippen LogP contribution in [-0.4, -0.2) is 16.5 Å². The van der Waals surface area contributed by atoms with E-state index in [1.54, 1.807) is 16.8 Å². The van der Waals surface area contributed by atoms with Gasteiger partial charge in [-0.25, -0.2) is 0 Å². The lowest BCUT2D eigenvalue weighted by Gasteiger charge is -2.23. The Hall–Kier alpha value is -2.88. The first kappa shape index (κ1) is 18.5. The molecular weight excluding hydrogens is 348 g/mol. The molecule has 1 N–H and O–H groups in total. The van der Waals surface area contributed by atoms with Gasteiger partial charge in [0.05, 0.1) is 5.56 Å². The molecule has 0 aliphatic heterocycles. The van der Waals surface area contributed by atoms with E-state index in [-0.39, 0.29) is 17.5 Å². The fourth-order valence-corrected chi connectivity index (χ4v) is 4.05. The van der Waals surface area contributed by atoms with E-state index in [4.69, 9.17) is 0 Å². The van der Waals surface area contributed by atoms with E-state index in [1.807, 2.05) is 50.2 Å². The van der Waals surface area contributed by atoms with Crippen LogP contribution in [-0.2, 0) is 0 Å². The number of benzene rings is 2. The van der Waals surface area contributed by atoms with E-state index >= 15 is 0 Å². The summed E-state index contributed by atoms with van der Waals surface area (Å²) in [5, 5.41) is 4.47. The van der Waals surface area contributed by atoms with Gasteiger partial charge in [-0.1, -0.05) is 43.5 Å². The molecule has 28 heavy (non-hydrogen) atoms. The lowest BCUT2D eigenvalue weighted by atomic mass is 9.95. The Labute approximate surface area is 165 Å². The molecule has 1 fully saturated rings. The number of hydrogen-bond acceptors (Lipinski definition) is 2. The number of carbonyl (C=O) groups excluding carboxylic acids is 1. The van der Waals surface area contributed by atoms with E-state index in [1.165, 1.54) is 12.0 Å². The summed E-state index contributed by atoms with van der Waals surface area (Å²) >= 11 is 0. The van der Waals surface area contributed by atoms with Crippen molar-refractivity contribution in [3.05, 3.63) is 75.7 Å². The summed E-state index contributed by atoms with van der Waals surface area (Å²) in [6.07, 6.45) is 7.32. The Balaban J connectivity index is 1.83. The number of nitrogens with one attached hydrogen (secondary N) is 1. The van der Waals surface area contributed by atoms with Crippen LogP contribution >= 0.6 is 0 Å². The molecule has 4 heteroatoms. The molecule has 0 atom stereocenters. The summed E-state index contributed by atoms with van der Waals surface area (Å²) in [6.45, 7) is 4.08. The van der Waals surface area contributed by atoms with Crippen molar-refractivity contribution in [3.63, 3.8) is 0 Å². The second-order valence-corrected chi connectivity index (χ2v) is 7.84. The number of pyridine rings is 1. The zero-order valence-corrected chi connectivity index (χ0v) is 16.5. The third-order valence-electron chi connectivity index (χ3n) is 5.88. The van der Waals surface area contributed by atoms with Crippen molar-refractivity contribution in [3.8, 4) is 5.69 Å². The molecule has 1 heterocycles. The Kier molecular flexibility index (Phi) is 5.03. The van der Waals surface area contributed by atoms with Gasteiger partial charge >= 0.3 is 0 Å². The number of rotatable bonds is 3. The lowest BCUT2D eigenvalue weighted by molar-refractivity contribution is 0.0929. The first-order valence-electron chi connectivity index (χ1n) is 10.1. The number of aromatic nitrogens is 1. The molecular formula is C24H26N2O2. The van der Waals surface area contributed by atoms with E-state index in [0.717, 1.165) is 36.9 Å². The predicted octanol–water partition coefficient (Wildman–Crippen LogP) is 4.67. The van der Waals surface area contributed by atoms with Gasteiger partial charge in [-0.3, -0.25) is 14.2 Å². The van der Waals surface area contributed by atoms with E-state index in [9.17, 15) is 9.59 Å². The Morgan fingerprint density at radius 3 is 2.39 bits per heavy atom. The zero-order chi connectivity index (χ0) is 19.7. The van der Waals surface area contributed by atoms with Gasteiger partial charge in [0.1, 0.15) is 0 Å². The van der Waals surface area contributed by atoms with Crippen molar-refractivity contribution in [1.29, 1.82) is 0 Å². The standard InChI is InChI=1S/C24H26N2O2/c1-16-12-13-19(14-17(16)2)26-15-22(20-10-6-7-11-21(20)24(26)28)23(27)25-18-8-4-3-5-9-18/h6-7,10-15,18H,3-5,8-9H2,1-2H3,(H,25,27). The summed E-state index contributed by atoms with van der Waals surface area (Å²) in [6, 6.07) is 13.5. The van der Waals surface area contributed by atoms with Gasteiger partial charge in [0.15, 0.2) is 0 Å². The minimum Gasteiger partial charge on any atom is -0.349 e. The topological polar surface area (TPSA) is 51.1 Å². The fraction of sp³-hybridized carbons (Fsp3) is 0.333. The molecule has 4 rings (SSSR count). The predicted molar refractivity (Wildman–Crippen MR) is 113 cm³/mol. The van der Waals surface area contributed by atoms with Crippen LogP contribution in [0.5, 0.6) is 0 Å². The largest absolute Gasteiger partial charge is 0.349 e. The van der Waals surface area contributed by atoms with Crippen LogP contribution in [0.2, 0.25) is 0 Å². The minimum absolute atomic E-state index is 0.0966. The first-order valence-corrected chi connectivity index (χ1v) is 10.1. The Morgan fingerprint density at radius 1 is 0.964 bits per heavy atom. The monoisotopic (exact) mass is 374 g/mol. The Morgan fingerprint density at radius 2 is 1.68 bits per heavy atom. The molecule has 0 saturated heterocycles. The van der Waals surface area contributed by atoms with Gasteiger partial charge in [-0.2, -0.15) is 0 Å². The summed E-state index contributed by atoms with van der Waals surface area (Å²) in [7, 11) is 0. The van der Waals surface area contributed by atoms with Gasteiger partial charge in [0, 0.05) is 28.7 Å². The number of nitrogens with zero attached hydrogens (tertiary/aromatic N) is 1. The van der Waals surface area contributed by atoms with Crippen molar-refractivity contribution >= 4 is 16.7 Å². The van der Waals surface area contributed by atoms with Crippen LogP contribution in [0, 0.1) is 13.8 Å². The van der Waals surface area contributed by atoms with E-state index < -0.39 is 0 Å². The lowest BCUT2D eigenvalue weighted by Crippen LogP contribution is -2.37. The van der Waals surface area contributed by atoms with Crippen LogP contribution in [0.1, 0.15) is 53.6 Å². The minimum atomic E-state index is -0.104. The van der Waals surface area contributed by atoms with E-state index in [0.29, 0.717) is 16.3 Å². The number of fused-ring (bicyclic) bond motifs is 1. The maximum Gasteiger partial charge on any atom is 0.262 e. The molecule has 1 amide bonds. The molecule has 0 unspecified atom stereocenters. The van der Waals surface area contributed by atoms with Gasteiger partial charge in [0.25, 0.3) is 11.5 Å². The highest BCUT2D eigenvalue weighted by molar-refractivity contribution is 6.06. The van der Waals surface area contributed by atoms with Crippen LogP contribution in [0.15, 0.2) is 53.5 Å². The highest BCUT2D eigenvalue weighted by Crippen LogP contribution is 2.21. The highest BCUT2D eigenvalue weighted by Gasteiger charge is 2.20. The molecule has 1 aliphatic rings. The fourth-order valence-electron chi connectivity index (χ4n) is 4.05. The number of carbonyl (C=O) groups is 1. The Bertz CT molecular complexity index is 1090. The molecule has 4 nitrogen and oxygen atoms in total. The molecule has 0 radical (unpaired) electrons. The average Bonchev–Trinajstić information content (AvgIpc) is 2.71. The number of aryl methyl sites for hydroxylation is 2. The number of hydrogen-bond donors (Lipinski definition) is 1. The van der Waals surface area contributed by atoms with Crippen molar-refractivity contribution < 1.29 is 4.79 Å². The summed E-state index contributed by atoms with van der Waals surface area (Å²) in [5.41, 5.74) is 3.52. The van der Waals surface area contributed by atoms with Crippen molar-refractivity contribution in [2.24, 2.45) is 0 Å². The highest BCUT2D eigenvalue weighted by atomic mass is 16.2. The van der Waals surface area contributed by atoms with Crippen LogP contribution in [0.3, 0.4) is 0 Å². The second-order valence-electron chi connectivity index (χ2n) is 7.84. The third-order valence-corrected chi connectivity index (χ3v) is 5.88.